The molecule has 0 unspecified atom stereocenters. The van der Waals surface area contributed by atoms with Crippen LogP contribution in [0.3, 0.4) is 0 Å². The van der Waals surface area contributed by atoms with E-state index in [1.54, 1.807) is 0 Å². The Balaban J connectivity index is 1.53. The summed E-state index contributed by atoms with van der Waals surface area (Å²) in [7, 11) is 0. The predicted molar refractivity (Wildman–Crippen MR) is 153 cm³/mol. The number of fused-ring (bicyclic) bond motifs is 1. The normalized spacial score (nSPS) is 17.7. The molecule has 2 aromatic carbocycles. The number of benzene rings is 2. The van der Waals surface area contributed by atoms with Crippen molar-refractivity contribution in [2.75, 3.05) is 25.6 Å². The molecule has 1 aliphatic carbocycles. The number of ether oxygens (including phenoxy) is 3. The minimum absolute atomic E-state index is 0.105. The van der Waals surface area contributed by atoms with Crippen molar-refractivity contribution in [2.24, 2.45) is 0 Å². The molecule has 2 aliphatic rings. The first-order valence-electron chi connectivity index (χ1n) is 14.4. The number of para-hydroxylation sites is 2. The van der Waals surface area contributed by atoms with Crippen molar-refractivity contribution < 1.29 is 23.8 Å². The molecule has 2 aromatic rings. The second-order valence-corrected chi connectivity index (χ2v) is 10.7. The maximum absolute atomic E-state index is 13.8. The zero-order valence-electron chi connectivity index (χ0n) is 22.9. The second kappa shape index (κ2) is 15.0. The van der Waals surface area contributed by atoms with Crippen LogP contribution in [0.5, 0.6) is 17.2 Å². The predicted octanol–water partition coefficient (Wildman–Crippen LogP) is 6.04. The van der Waals surface area contributed by atoms with Crippen molar-refractivity contribution in [3.8, 4) is 17.2 Å². The Labute approximate surface area is 237 Å². The van der Waals surface area contributed by atoms with E-state index in [0.29, 0.717) is 23.7 Å². The van der Waals surface area contributed by atoms with Gasteiger partial charge in [-0.3, -0.25) is 9.59 Å². The van der Waals surface area contributed by atoms with Gasteiger partial charge in [0, 0.05) is 6.04 Å². The maximum Gasteiger partial charge on any atom is 0.247 e. The largest absolute Gasteiger partial charge is 0.494 e. The topological polar surface area (TPSA) is 77.1 Å². The van der Waals surface area contributed by atoms with Crippen LogP contribution in [0, 0.1) is 0 Å². The number of carbonyl (C=O) groups excluding carboxylic acids is 2. The molecule has 1 heterocycles. The number of nitrogens with one attached hydrogen (secondary N) is 1. The number of hydrogen-bond donors (Lipinski definition) is 1. The maximum atomic E-state index is 13.8. The highest BCUT2D eigenvalue weighted by Crippen LogP contribution is 2.32. The molecule has 8 heteroatoms. The third-order valence-electron chi connectivity index (χ3n) is 7.38. The Kier molecular flexibility index (Phi) is 11.2. The number of carbonyl (C=O) groups is 2. The Morgan fingerprint density at radius 1 is 1.03 bits per heavy atom. The SMILES string of the molecule is CCCCCCOc1ccc([C@@H](C(=O)NC2CCCCC2)N(C[C@@H]2COc3ccccc3O2)C(=O)CCl)cc1. The van der Waals surface area contributed by atoms with Gasteiger partial charge in [0.2, 0.25) is 11.8 Å². The van der Waals surface area contributed by atoms with Crippen LogP contribution in [0.4, 0.5) is 0 Å². The highest BCUT2D eigenvalue weighted by molar-refractivity contribution is 6.27. The summed E-state index contributed by atoms with van der Waals surface area (Å²) < 4.78 is 17.9. The Bertz CT molecular complexity index is 1060. The summed E-state index contributed by atoms with van der Waals surface area (Å²) in [5.74, 6) is 1.26. The lowest BCUT2D eigenvalue weighted by molar-refractivity contribution is -0.141. The molecule has 1 N–H and O–H groups in total. The van der Waals surface area contributed by atoms with Gasteiger partial charge in [-0.15, -0.1) is 11.6 Å². The molecule has 1 fully saturated rings. The molecule has 0 bridgehead atoms. The van der Waals surface area contributed by atoms with Gasteiger partial charge in [0.1, 0.15) is 24.3 Å². The molecule has 39 heavy (non-hydrogen) atoms. The van der Waals surface area contributed by atoms with E-state index >= 15 is 0 Å². The van der Waals surface area contributed by atoms with E-state index in [0.717, 1.165) is 44.3 Å². The number of nitrogens with zero attached hydrogens (tertiary/aromatic N) is 1. The molecule has 0 spiro atoms. The van der Waals surface area contributed by atoms with Gasteiger partial charge in [0.05, 0.1) is 13.2 Å². The lowest BCUT2D eigenvalue weighted by Gasteiger charge is -2.36. The molecule has 4 rings (SSSR count). The number of alkyl halides is 1. The molecule has 1 aliphatic heterocycles. The molecular formula is C31H41ClN2O5. The Morgan fingerprint density at radius 2 is 1.77 bits per heavy atom. The minimum atomic E-state index is -0.849. The van der Waals surface area contributed by atoms with E-state index < -0.39 is 12.1 Å². The Morgan fingerprint density at radius 3 is 2.49 bits per heavy atom. The summed E-state index contributed by atoms with van der Waals surface area (Å²) in [6.45, 7) is 3.27. The van der Waals surface area contributed by atoms with Gasteiger partial charge >= 0.3 is 0 Å². The fraction of sp³-hybridized carbons (Fsp3) is 0.548. The van der Waals surface area contributed by atoms with E-state index in [-0.39, 0.29) is 36.9 Å². The summed E-state index contributed by atoms with van der Waals surface area (Å²) in [6, 6.07) is 14.2. The first-order chi connectivity index (χ1) is 19.1. The van der Waals surface area contributed by atoms with Crippen molar-refractivity contribution in [3.63, 3.8) is 0 Å². The third-order valence-corrected chi connectivity index (χ3v) is 7.61. The molecule has 0 radical (unpaired) electrons. The van der Waals surface area contributed by atoms with E-state index in [1.165, 1.54) is 24.2 Å². The van der Waals surface area contributed by atoms with Crippen molar-refractivity contribution in [3.05, 3.63) is 54.1 Å². The van der Waals surface area contributed by atoms with Gasteiger partial charge < -0.3 is 24.4 Å². The van der Waals surface area contributed by atoms with Crippen LogP contribution in [0.25, 0.3) is 0 Å². The van der Waals surface area contributed by atoms with Gasteiger partial charge in [0.15, 0.2) is 17.6 Å². The summed E-state index contributed by atoms with van der Waals surface area (Å²) >= 11 is 6.08. The van der Waals surface area contributed by atoms with Crippen LogP contribution in [0.15, 0.2) is 48.5 Å². The summed E-state index contributed by atoms with van der Waals surface area (Å²) in [5.41, 5.74) is 0.706. The number of halogens is 1. The molecule has 7 nitrogen and oxygen atoms in total. The average molecular weight is 557 g/mol. The molecule has 1 saturated carbocycles. The van der Waals surface area contributed by atoms with Crippen LogP contribution < -0.4 is 19.5 Å². The summed E-state index contributed by atoms with van der Waals surface area (Å²) in [5, 5.41) is 3.22. The van der Waals surface area contributed by atoms with Crippen LogP contribution >= 0.6 is 11.6 Å². The number of hydrogen-bond acceptors (Lipinski definition) is 5. The van der Waals surface area contributed by atoms with Crippen LogP contribution in [-0.2, 0) is 9.59 Å². The van der Waals surface area contributed by atoms with Crippen LogP contribution in [0.2, 0.25) is 0 Å². The average Bonchev–Trinajstić information content (AvgIpc) is 2.97. The number of unbranched alkanes of at least 4 members (excludes halogenated alkanes) is 3. The van der Waals surface area contributed by atoms with E-state index in [2.05, 4.69) is 12.2 Å². The first kappa shape index (κ1) is 29.1. The standard InChI is InChI=1S/C31H41ClN2O5/c1-2-3-4-10-19-37-25-17-15-23(16-18-25)30(31(36)33-24-11-6-5-7-12-24)34(29(35)20-32)21-26-22-38-27-13-8-9-14-28(27)39-26/h8-9,13-18,24,26,30H,2-7,10-12,19-22H2,1H3,(H,33,36)/t26-,30+/m1/s1. The van der Waals surface area contributed by atoms with Crippen molar-refractivity contribution in [1.29, 1.82) is 0 Å². The van der Waals surface area contributed by atoms with Gasteiger partial charge in [-0.1, -0.05) is 69.7 Å². The molecule has 212 valence electrons. The second-order valence-electron chi connectivity index (χ2n) is 10.4. The highest BCUT2D eigenvalue weighted by atomic mass is 35.5. The summed E-state index contributed by atoms with van der Waals surface area (Å²) in [6.07, 6.45) is 9.36. The lowest BCUT2D eigenvalue weighted by Crippen LogP contribution is -2.51. The first-order valence-corrected chi connectivity index (χ1v) is 14.9. The molecular weight excluding hydrogens is 516 g/mol. The van der Waals surface area contributed by atoms with Gasteiger partial charge in [-0.25, -0.2) is 0 Å². The van der Waals surface area contributed by atoms with E-state index in [4.69, 9.17) is 25.8 Å². The number of amides is 2. The zero-order valence-corrected chi connectivity index (χ0v) is 23.7. The van der Waals surface area contributed by atoms with Crippen LogP contribution in [0.1, 0.15) is 76.3 Å². The Hall–Kier alpha value is -2.93. The van der Waals surface area contributed by atoms with E-state index in [9.17, 15) is 9.59 Å². The van der Waals surface area contributed by atoms with Crippen LogP contribution in [-0.4, -0.2) is 54.5 Å². The van der Waals surface area contributed by atoms with Gasteiger partial charge in [-0.2, -0.15) is 0 Å². The number of rotatable bonds is 13. The van der Waals surface area contributed by atoms with Crippen molar-refractivity contribution in [2.45, 2.75) is 82.9 Å². The third kappa shape index (κ3) is 8.28. The zero-order chi connectivity index (χ0) is 27.5. The van der Waals surface area contributed by atoms with Crippen molar-refractivity contribution in [1.82, 2.24) is 10.2 Å². The van der Waals surface area contributed by atoms with Crippen molar-refractivity contribution >= 4 is 23.4 Å². The molecule has 0 saturated heterocycles. The fourth-order valence-electron chi connectivity index (χ4n) is 5.27. The fourth-order valence-corrected chi connectivity index (χ4v) is 5.42. The van der Waals surface area contributed by atoms with Gasteiger partial charge in [0.25, 0.3) is 0 Å². The quantitative estimate of drug-likeness (QED) is 0.240. The molecule has 2 atom stereocenters. The monoisotopic (exact) mass is 556 g/mol. The lowest BCUT2D eigenvalue weighted by atomic mass is 9.94. The van der Waals surface area contributed by atoms with E-state index in [1.807, 2.05) is 48.5 Å². The highest BCUT2D eigenvalue weighted by Gasteiger charge is 2.35. The summed E-state index contributed by atoms with van der Waals surface area (Å²) in [4.78, 5) is 28.6. The molecule has 0 aromatic heterocycles. The van der Waals surface area contributed by atoms with Gasteiger partial charge in [-0.05, 0) is 49.1 Å². The smallest absolute Gasteiger partial charge is 0.247 e. The minimum Gasteiger partial charge on any atom is -0.494 e. The molecule has 2 amide bonds.